The highest BCUT2D eigenvalue weighted by atomic mass is 32.2. The van der Waals surface area contributed by atoms with Crippen LogP contribution in [0, 0.1) is 6.92 Å². The third kappa shape index (κ3) is 4.16. The molecular weight excluding hydrogens is 352 g/mol. The maximum Gasteiger partial charge on any atom is 0.306 e. The van der Waals surface area contributed by atoms with E-state index in [1.807, 2.05) is 20.8 Å². The Bertz CT molecular complexity index is 896. The van der Waals surface area contributed by atoms with E-state index < -0.39 is 21.3 Å². The summed E-state index contributed by atoms with van der Waals surface area (Å²) in [6, 6.07) is 7.73. The molecule has 7 heteroatoms. The van der Waals surface area contributed by atoms with Crippen LogP contribution in [-0.2, 0) is 16.6 Å². The van der Waals surface area contributed by atoms with Crippen molar-refractivity contribution in [3.05, 3.63) is 58.0 Å². The van der Waals surface area contributed by atoms with Crippen LogP contribution in [0.5, 0.6) is 5.75 Å². The van der Waals surface area contributed by atoms with Gasteiger partial charge in [0, 0.05) is 18.3 Å². The summed E-state index contributed by atoms with van der Waals surface area (Å²) in [6.07, 6.45) is 3.42. The van der Waals surface area contributed by atoms with E-state index in [1.165, 1.54) is 24.4 Å². The monoisotopic (exact) mass is 378 g/mol. The Hall–Kier alpha value is -2.12. The van der Waals surface area contributed by atoms with Crippen molar-refractivity contribution in [2.24, 2.45) is 0 Å². The normalized spacial score (nSPS) is 14.7. The third-order valence-electron chi connectivity index (χ3n) is 4.29. The molecule has 26 heavy (non-hydrogen) atoms. The van der Waals surface area contributed by atoms with Gasteiger partial charge in [-0.3, -0.25) is 9.69 Å². The summed E-state index contributed by atoms with van der Waals surface area (Å²) in [5.74, 6) is -0.500. The van der Waals surface area contributed by atoms with E-state index in [-0.39, 0.29) is 4.90 Å². The molecule has 1 aliphatic heterocycles. The van der Waals surface area contributed by atoms with Crippen molar-refractivity contribution in [1.29, 1.82) is 0 Å². The van der Waals surface area contributed by atoms with Crippen LogP contribution in [0.25, 0.3) is 0 Å². The van der Waals surface area contributed by atoms with Crippen LogP contribution in [0.2, 0.25) is 0 Å². The SMILES string of the molecule is CC.Cc1ccc(S(=O)(=O)n2ccc(CN3CCCC3)c(O)c2=O)cc1. The molecule has 0 spiro atoms. The highest BCUT2D eigenvalue weighted by molar-refractivity contribution is 7.90. The lowest BCUT2D eigenvalue weighted by molar-refractivity contribution is 0.323. The van der Waals surface area contributed by atoms with Gasteiger partial charge in [-0.25, -0.2) is 12.4 Å². The predicted molar refractivity (Wildman–Crippen MR) is 102 cm³/mol. The first-order valence-corrected chi connectivity index (χ1v) is 10.3. The minimum Gasteiger partial charge on any atom is -0.503 e. The van der Waals surface area contributed by atoms with Gasteiger partial charge in [0.1, 0.15) is 0 Å². The molecule has 6 nitrogen and oxygen atoms in total. The zero-order valence-electron chi connectivity index (χ0n) is 15.5. The van der Waals surface area contributed by atoms with Gasteiger partial charge < -0.3 is 5.11 Å². The molecule has 0 atom stereocenters. The topological polar surface area (TPSA) is 79.6 Å². The fourth-order valence-electron chi connectivity index (χ4n) is 2.87. The fraction of sp³-hybridized carbons (Fsp3) is 0.421. The number of aromatic hydroxyl groups is 1. The number of nitrogens with zero attached hydrogens (tertiary/aromatic N) is 2. The second-order valence-corrected chi connectivity index (χ2v) is 7.91. The molecule has 0 saturated carbocycles. The lowest BCUT2D eigenvalue weighted by Crippen LogP contribution is -2.28. The van der Waals surface area contributed by atoms with Gasteiger partial charge >= 0.3 is 5.56 Å². The summed E-state index contributed by atoms with van der Waals surface area (Å²) in [6.45, 7) is 8.14. The average molecular weight is 378 g/mol. The van der Waals surface area contributed by atoms with E-state index >= 15 is 0 Å². The Kier molecular flexibility index (Phi) is 6.61. The van der Waals surface area contributed by atoms with Gasteiger partial charge in [0.05, 0.1) is 4.90 Å². The summed E-state index contributed by atoms with van der Waals surface area (Å²) in [5, 5.41) is 10.2. The van der Waals surface area contributed by atoms with Gasteiger partial charge in [-0.1, -0.05) is 31.5 Å². The highest BCUT2D eigenvalue weighted by Crippen LogP contribution is 2.19. The summed E-state index contributed by atoms with van der Waals surface area (Å²) >= 11 is 0. The van der Waals surface area contributed by atoms with Crippen molar-refractivity contribution >= 4 is 10.0 Å². The second-order valence-electron chi connectivity index (χ2n) is 6.09. The Morgan fingerprint density at radius 3 is 2.19 bits per heavy atom. The maximum atomic E-state index is 12.6. The largest absolute Gasteiger partial charge is 0.503 e. The molecule has 1 aromatic heterocycles. The van der Waals surface area contributed by atoms with Crippen molar-refractivity contribution in [3.63, 3.8) is 0 Å². The maximum absolute atomic E-state index is 12.6. The van der Waals surface area contributed by atoms with E-state index in [9.17, 15) is 18.3 Å². The van der Waals surface area contributed by atoms with Crippen molar-refractivity contribution in [2.45, 2.75) is 45.1 Å². The summed E-state index contributed by atoms with van der Waals surface area (Å²) in [4.78, 5) is 14.5. The molecule has 2 aromatic rings. The van der Waals surface area contributed by atoms with Crippen LogP contribution in [0.15, 0.2) is 46.2 Å². The molecule has 1 saturated heterocycles. The first kappa shape index (κ1) is 20.2. The number of likely N-dealkylation sites (tertiary alicyclic amines) is 1. The lowest BCUT2D eigenvalue weighted by Gasteiger charge is -2.16. The molecule has 1 aliphatic rings. The molecule has 3 rings (SSSR count). The minimum absolute atomic E-state index is 0.0156. The Morgan fingerprint density at radius 2 is 1.62 bits per heavy atom. The first-order chi connectivity index (χ1) is 12.4. The third-order valence-corrected chi connectivity index (χ3v) is 5.96. The molecule has 142 valence electrons. The molecule has 1 N–H and O–H groups in total. The first-order valence-electron chi connectivity index (χ1n) is 8.88. The van der Waals surface area contributed by atoms with Crippen LogP contribution < -0.4 is 5.56 Å². The van der Waals surface area contributed by atoms with Gasteiger partial charge in [-0.05, 0) is 51.1 Å². The van der Waals surface area contributed by atoms with Gasteiger partial charge in [0.2, 0.25) is 0 Å². The van der Waals surface area contributed by atoms with Crippen LogP contribution >= 0.6 is 0 Å². The summed E-state index contributed by atoms with van der Waals surface area (Å²) < 4.78 is 25.8. The zero-order chi connectivity index (χ0) is 19.3. The average Bonchev–Trinajstić information content (AvgIpc) is 3.14. The number of pyridine rings is 1. The van der Waals surface area contributed by atoms with Crippen molar-refractivity contribution in [2.75, 3.05) is 13.1 Å². The number of aryl methyl sites for hydroxylation is 1. The molecule has 1 aromatic carbocycles. The number of benzene rings is 1. The van der Waals surface area contributed by atoms with Crippen LogP contribution in [0.1, 0.15) is 37.8 Å². The number of rotatable bonds is 4. The van der Waals surface area contributed by atoms with Crippen LogP contribution in [0.3, 0.4) is 0 Å². The van der Waals surface area contributed by atoms with Crippen molar-refractivity contribution in [3.8, 4) is 5.75 Å². The standard InChI is InChI=1S/C17H20N2O4S.C2H6/c1-13-4-6-15(7-5-13)24(22,23)19-11-8-14(16(20)17(19)21)12-18-9-2-3-10-18;1-2/h4-8,11,20H,2-3,9-10,12H2,1H3;1-2H3. The number of hydrogen-bond acceptors (Lipinski definition) is 5. The smallest absolute Gasteiger partial charge is 0.306 e. The Balaban J connectivity index is 0.00000117. The molecule has 2 heterocycles. The molecule has 0 aliphatic carbocycles. The quantitative estimate of drug-likeness (QED) is 0.885. The molecular formula is C19H26N2O4S. The van der Waals surface area contributed by atoms with E-state index in [0.717, 1.165) is 31.5 Å². The highest BCUT2D eigenvalue weighted by Gasteiger charge is 2.22. The van der Waals surface area contributed by atoms with Crippen molar-refractivity contribution < 1.29 is 13.5 Å². The zero-order valence-corrected chi connectivity index (χ0v) is 16.3. The van der Waals surface area contributed by atoms with E-state index in [0.29, 0.717) is 16.1 Å². The lowest BCUT2D eigenvalue weighted by atomic mass is 10.2. The summed E-state index contributed by atoms with van der Waals surface area (Å²) in [7, 11) is -4.02. The summed E-state index contributed by atoms with van der Waals surface area (Å²) in [5.41, 5.74) is 0.467. The predicted octanol–water partition coefficient (Wildman–Crippen LogP) is 2.72. The number of hydrogen-bond donors (Lipinski definition) is 1. The van der Waals surface area contributed by atoms with Crippen molar-refractivity contribution in [1.82, 2.24) is 8.87 Å². The van der Waals surface area contributed by atoms with Gasteiger partial charge in [0.25, 0.3) is 10.0 Å². The van der Waals surface area contributed by atoms with E-state index in [2.05, 4.69) is 4.90 Å². The Labute approximate surface area is 154 Å². The van der Waals surface area contributed by atoms with Gasteiger partial charge in [0.15, 0.2) is 5.75 Å². The van der Waals surface area contributed by atoms with Gasteiger partial charge in [-0.2, -0.15) is 0 Å². The second kappa shape index (κ2) is 8.51. The fourth-order valence-corrected chi connectivity index (χ4v) is 4.10. The van der Waals surface area contributed by atoms with Gasteiger partial charge in [-0.15, -0.1) is 0 Å². The van der Waals surface area contributed by atoms with E-state index in [4.69, 9.17) is 0 Å². The minimum atomic E-state index is -4.02. The number of aromatic nitrogens is 1. The molecule has 0 radical (unpaired) electrons. The van der Waals surface area contributed by atoms with Crippen LogP contribution in [0.4, 0.5) is 0 Å². The van der Waals surface area contributed by atoms with Crippen LogP contribution in [-0.4, -0.2) is 35.5 Å². The molecule has 0 unspecified atom stereocenters. The Morgan fingerprint density at radius 1 is 1.04 bits per heavy atom. The molecule has 0 bridgehead atoms. The molecule has 1 fully saturated rings. The molecule has 0 amide bonds. The van der Waals surface area contributed by atoms with E-state index in [1.54, 1.807) is 12.1 Å².